The number of likely N-dealkylation sites (tertiary alicyclic amines) is 2. The number of aliphatic hydroxyl groups is 1. The largest absolute Gasteiger partial charge is 0.457 e. The second kappa shape index (κ2) is 11.5. The van der Waals surface area contributed by atoms with Gasteiger partial charge in [0.2, 0.25) is 0 Å². The Bertz CT molecular complexity index is 1570. The van der Waals surface area contributed by atoms with E-state index >= 15 is 0 Å². The quantitative estimate of drug-likeness (QED) is 0.336. The zero-order valence-corrected chi connectivity index (χ0v) is 22.6. The molecule has 2 aliphatic heterocycles. The van der Waals surface area contributed by atoms with E-state index in [4.69, 9.17) is 15.6 Å². The fourth-order valence-electron chi connectivity index (χ4n) is 6.00. The number of nitrogen functional groups attached to an aromatic ring is 1. The Hall–Kier alpha value is -4.53. The Balaban J connectivity index is 1.26. The van der Waals surface area contributed by atoms with Gasteiger partial charge in [0.1, 0.15) is 29.3 Å². The molecule has 1 amide bonds. The van der Waals surface area contributed by atoms with E-state index in [1.807, 2.05) is 59.5 Å². The second-order valence-corrected chi connectivity index (χ2v) is 10.5. The minimum Gasteiger partial charge on any atom is -0.457 e. The van der Waals surface area contributed by atoms with E-state index in [1.165, 1.54) is 6.33 Å². The molecule has 2 aliphatic rings. The number of aliphatic hydroxyl groups excluding tert-OH is 1. The maximum Gasteiger partial charge on any atom is 0.254 e. The standard InChI is InChI=1S/C30H32N8O3/c31-16-25(36-14-5-7-22(36)18-39)30(40)37-15-4-6-21(37)17-38-29-26(28(32)33-19-34-29)27(35-38)20-10-12-24(13-11-20)41-23-8-2-1-3-9-23/h1-3,8-13,19,21-22,25,39H,4-7,14-15,17-18H2,(H2,32,33,34)/t21?,22?,25-/m1/s1. The summed E-state index contributed by atoms with van der Waals surface area (Å²) < 4.78 is 7.73. The number of amides is 1. The minimum atomic E-state index is -0.908. The molecule has 0 aliphatic carbocycles. The van der Waals surface area contributed by atoms with E-state index in [0.29, 0.717) is 47.9 Å². The van der Waals surface area contributed by atoms with Gasteiger partial charge in [-0.15, -0.1) is 0 Å². The zero-order valence-electron chi connectivity index (χ0n) is 22.6. The van der Waals surface area contributed by atoms with Gasteiger partial charge in [0, 0.05) is 24.7 Å². The Labute approximate surface area is 237 Å². The minimum absolute atomic E-state index is 0.0581. The van der Waals surface area contributed by atoms with Crippen LogP contribution in [0.2, 0.25) is 0 Å². The molecule has 2 aromatic carbocycles. The molecular weight excluding hydrogens is 520 g/mol. The predicted octanol–water partition coefficient (Wildman–Crippen LogP) is 3.21. The first-order chi connectivity index (χ1) is 20.1. The highest BCUT2D eigenvalue weighted by molar-refractivity contribution is 5.98. The van der Waals surface area contributed by atoms with Crippen LogP contribution < -0.4 is 10.5 Å². The third kappa shape index (κ3) is 5.19. The van der Waals surface area contributed by atoms with Gasteiger partial charge in [-0.25, -0.2) is 14.6 Å². The molecule has 0 radical (unpaired) electrons. The van der Waals surface area contributed by atoms with Crippen LogP contribution in [0.4, 0.5) is 5.82 Å². The summed E-state index contributed by atoms with van der Waals surface area (Å²) in [4.78, 5) is 26.0. The number of fused-ring (bicyclic) bond motifs is 1. The van der Waals surface area contributed by atoms with Crippen molar-refractivity contribution in [2.24, 2.45) is 0 Å². The molecule has 210 valence electrons. The summed E-state index contributed by atoms with van der Waals surface area (Å²) >= 11 is 0. The number of aromatic nitrogens is 4. The van der Waals surface area contributed by atoms with Gasteiger partial charge in [-0.05, 0) is 62.1 Å². The van der Waals surface area contributed by atoms with E-state index in [2.05, 4.69) is 16.0 Å². The van der Waals surface area contributed by atoms with Crippen molar-refractivity contribution in [3.8, 4) is 28.8 Å². The average molecular weight is 553 g/mol. The number of carbonyl (C=O) groups is 1. The molecule has 0 bridgehead atoms. The van der Waals surface area contributed by atoms with Gasteiger partial charge in [0.15, 0.2) is 11.7 Å². The van der Waals surface area contributed by atoms with Crippen LogP contribution in [-0.4, -0.2) is 78.4 Å². The van der Waals surface area contributed by atoms with Gasteiger partial charge in [0.25, 0.3) is 5.91 Å². The van der Waals surface area contributed by atoms with E-state index < -0.39 is 6.04 Å². The molecule has 4 heterocycles. The van der Waals surface area contributed by atoms with E-state index in [9.17, 15) is 15.2 Å². The van der Waals surface area contributed by atoms with Crippen molar-refractivity contribution < 1.29 is 14.6 Å². The lowest BCUT2D eigenvalue weighted by Crippen LogP contribution is -2.52. The van der Waals surface area contributed by atoms with Crippen LogP contribution in [-0.2, 0) is 11.3 Å². The first-order valence-electron chi connectivity index (χ1n) is 13.9. The molecule has 6 rings (SSSR count). The Morgan fingerprint density at radius 1 is 1.05 bits per heavy atom. The van der Waals surface area contributed by atoms with Crippen LogP contribution in [0.5, 0.6) is 11.5 Å². The van der Waals surface area contributed by atoms with Crippen molar-refractivity contribution in [3.63, 3.8) is 0 Å². The van der Waals surface area contributed by atoms with Gasteiger partial charge in [-0.1, -0.05) is 18.2 Å². The van der Waals surface area contributed by atoms with Crippen LogP contribution in [0, 0.1) is 11.3 Å². The highest BCUT2D eigenvalue weighted by Crippen LogP contribution is 2.33. The molecule has 11 heteroatoms. The predicted molar refractivity (Wildman–Crippen MR) is 153 cm³/mol. The summed E-state index contributed by atoms with van der Waals surface area (Å²) in [7, 11) is 0. The van der Waals surface area contributed by atoms with Crippen molar-refractivity contribution >= 4 is 22.8 Å². The van der Waals surface area contributed by atoms with Gasteiger partial charge in [-0.2, -0.15) is 10.4 Å². The molecule has 0 spiro atoms. The summed E-state index contributed by atoms with van der Waals surface area (Å²) in [6.07, 6.45) is 4.69. The van der Waals surface area contributed by atoms with Crippen LogP contribution in [0.3, 0.4) is 0 Å². The summed E-state index contributed by atoms with van der Waals surface area (Å²) in [5.74, 6) is 1.56. The number of ether oxygens (including phenoxy) is 1. The molecule has 2 aromatic heterocycles. The van der Waals surface area contributed by atoms with Gasteiger partial charge in [0.05, 0.1) is 30.6 Å². The van der Waals surface area contributed by atoms with Gasteiger partial charge >= 0.3 is 0 Å². The maximum absolute atomic E-state index is 13.6. The highest BCUT2D eigenvalue weighted by atomic mass is 16.5. The molecule has 3 N–H and O–H groups in total. The number of anilines is 1. The first-order valence-corrected chi connectivity index (χ1v) is 13.9. The first kappa shape index (κ1) is 26.7. The Morgan fingerprint density at radius 2 is 1.78 bits per heavy atom. The smallest absolute Gasteiger partial charge is 0.254 e. The van der Waals surface area contributed by atoms with E-state index in [0.717, 1.165) is 37.0 Å². The Morgan fingerprint density at radius 3 is 2.54 bits per heavy atom. The molecular formula is C30H32N8O3. The number of nitrogens with two attached hydrogens (primary N) is 1. The molecule has 2 unspecified atom stereocenters. The summed E-state index contributed by atoms with van der Waals surface area (Å²) in [5, 5.41) is 25.2. The van der Waals surface area contributed by atoms with E-state index in [-0.39, 0.29) is 24.6 Å². The summed E-state index contributed by atoms with van der Waals surface area (Å²) in [5.41, 5.74) is 8.40. The van der Waals surface area contributed by atoms with Crippen molar-refractivity contribution in [1.29, 1.82) is 5.26 Å². The van der Waals surface area contributed by atoms with Crippen molar-refractivity contribution in [1.82, 2.24) is 29.5 Å². The number of para-hydroxylation sites is 1. The lowest BCUT2D eigenvalue weighted by Gasteiger charge is -2.32. The number of nitrogens with zero attached hydrogens (tertiary/aromatic N) is 7. The molecule has 0 saturated carbocycles. The third-order valence-corrected chi connectivity index (χ3v) is 8.03. The summed E-state index contributed by atoms with van der Waals surface area (Å²) in [6.45, 7) is 1.56. The van der Waals surface area contributed by atoms with Crippen molar-refractivity contribution in [2.75, 3.05) is 25.4 Å². The highest BCUT2D eigenvalue weighted by Gasteiger charge is 2.40. The normalized spacial score (nSPS) is 19.9. The van der Waals surface area contributed by atoms with Gasteiger partial charge < -0.3 is 20.5 Å². The maximum atomic E-state index is 13.6. The molecule has 2 saturated heterocycles. The summed E-state index contributed by atoms with van der Waals surface area (Å²) in [6, 6.07) is 18.2. The van der Waals surface area contributed by atoms with Crippen molar-refractivity contribution in [2.45, 2.75) is 50.4 Å². The molecule has 41 heavy (non-hydrogen) atoms. The lowest BCUT2D eigenvalue weighted by molar-refractivity contribution is -0.136. The fraction of sp³-hybridized carbons (Fsp3) is 0.367. The van der Waals surface area contributed by atoms with Gasteiger partial charge in [-0.3, -0.25) is 9.69 Å². The average Bonchev–Trinajstić information content (AvgIpc) is 3.74. The molecule has 11 nitrogen and oxygen atoms in total. The van der Waals surface area contributed by atoms with E-state index in [1.54, 1.807) is 9.58 Å². The number of carbonyl (C=O) groups excluding carboxylic acids is 1. The Kier molecular flexibility index (Phi) is 7.50. The topological polar surface area (TPSA) is 146 Å². The molecule has 3 atom stereocenters. The zero-order chi connectivity index (χ0) is 28.3. The number of hydrogen-bond donors (Lipinski definition) is 2. The number of hydrogen-bond acceptors (Lipinski definition) is 9. The number of rotatable bonds is 8. The molecule has 4 aromatic rings. The lowest BCUT2D eigenvalue weighted by atomic mass is 10.1. The van der Waals surface area contributed by atoms with Crippen molar-refractivity contribution in [3.05, 3.63) is 60.9 Å². The fourth-order valence-corrected chi connectivity index (χ4v) is 6.00. The van der Waals surface area contributed by atoms with Crippen LogP contribution in [0.25, 0.3) is 22.3 Å². The van der Waals surface area contributed by atoms with Crippen LogP contribution in [0.15, 0.2) is 60.9 Å². The number of nitriles is 1. The molecule has 2 fully saturated rings. The van der Waals surface area contributed by atoms with Crippen LogP contribution >= 0.6 is 0 Å². The SMILES string of the molecule is N#C[C@H](C(=O)N1CCCC1Cn1nc(-c2ccc(Oc3ccccc3)cc2)c2c(N)ncnc21)N1CCCC1CO. The third-order valence-electron chi connectivity index (χ3n) is 8.03. The monoisotopic (exact) mass is 552 g/mol. The number of benzene rings is 2. The second-order valence-electron chi connectivity index (χ2n) is 10.5. The van der Waals surface area contributed by atoms with Crippen LogP contribution in [0.1, 0.15) is 25.7 Å².